The van der Waals surface area contributed by atoms with Gasteiger partial charge in [-0.3, -0.25) is 14.9 Å². The Morgan fingerprint density at radius 2 is 2.08 bits per heavy atom. The Hall–Kier alpha value is -2.74. The molecule has 1 N–H and O–H groups in total. The first-order valence-corrected chi connectivity index (χ1v) is 8.63. The van der Waals surface area contributed by atoms with Crippen molar-refractivity contribution in [2.75, 3.05) is 0 Å². The number of nitrogens with zero attached hydrogens (tertiary/aromatic N) is 3. The van der Waals surface area contributed by atoms with E-state index in [0.29, 0.717) is 10.7 Å². The maximum Gasteiger partial charge on any atom is 0.272 e. The number of nitrogens with one attached hydrogen (secondary N) is 1. The van der Waals surface area contributed by atoms with Crippen molar-refractivity contribution in [1.82, 2.24) is 5.32 Å². The van der Waals surface area contributed by atoms with Crippen molar-refractivity contribution in [2.45, 2.75) is 18.6 Å². The molecule has 1 amide bonds. The number of rotatable bonds is 4. The molecule has 8 heteroatoms. The molecule has 2 atom stereocenters. The van der Waals surface area contributed by atoms with E-state index in [1.54, 1.807) is 18.2 Å². The van der Waals surface area contributed by atoms with Crippen molar-refractivity contribution in [2.24, 2.45) is 16.1 Å². The summed E-state index contributed by atoms with van der Waals surface area (Å²) < 4.78 is 0. The number of allylic oxidation sites excluding steroid dienone is 4. The van der Waals surface area contributed by atoms with Crippen LogP contribution in [-0.4, -0.2) is 27.0 Å². The Morgan fingerprint density at radius 3 is 2.84 bits per heavy atom. The summed E-state index contributed by atoms with van der Waals surface area (Å²) in [6, 6.07) is 6.45. The highest BCUT2D eigenvalue weighted by atomic mass is 32.2. The minimum Gasteiger partial charge on any atom is -0.303 e. The van der Waals surface area contributed by atoms with Crippen LogP contribution in [0.4, 0.5) is 5.69 Å². The molecule has 128 valence electrons. The third kappa shape index (κ3) is 4.03. The van der Waals surface area contributed by atoms with Crippen molar-refractivity contribution in [3.8, 4) is 0 Å². The first-order valence-electron chi connectivity index (χ1n) is 7.75. The SMILES string of the molecule is C[C@@H]1C=CC=C/C1=N/N=C1\NC(=O)[C@@H](Cc2ccccc2[N+](=O)[O-])S1. The van der Waals surface area contributed by atoms with E-state index in [4.69, 9.17) is 0 Å². The number of nitro groups is 1. The van der Waals surface area contributed by atoms with Crippen LogP contribution in [-0.2, 0) is 11.2 Å². The molecular weight excluding hydrogens is 340 g/mol. The molecule has 1 saturated heterocycles. The van der Waals surface area contributed by atoms with E-state index in [1.807, 2.05) is 31.2 Å². The van der Waals surface area contributed by atoms with E-state index < -0.39 is 10.2 Å². The van der Waals surface area contributed by atoms with E-state index >= 15 is 0 Å². The number of nitro benzene ring substituents is 1. The van der Waals surface area contributed by atoms with E-state index in [9.17, 15) is 14.9 Å². The van der Waals surface area contributed by atoms with Gasteiger partial charge in [-0.05, 0) is 6.08 Å². The second-order valence-corrected chi connectivity index (χ2v) is 6.84. The number of amidine groups is 1. The van der Waals surface area contributed by atoms with Gasteiger partial charge in [-0.15, -0.1) is 5.10 Å². The Labute approximate surface area is 148 Å². The van der Waals surface area contributed by atoms with Crippen LogP contribution >= 0.6 is 11.8 Å². The summed E-state index contributed by atoms with van der Waals surface area (Å²) in [7, 11) is 0. The van der Waals surface area contributed by atoms with Gasteiger partial charge in [0.2, 0.25) is 5.91 Å². The zero-order valence-corrected chi connectivity index (χ0v) is 14.3. The lowest BCUT2D eigenvalue weighted by atomic mass is 10.0. The van der Waals surface area contributed by atoms with Crippen LogP contribution in [0.15, 0.2) is 58.8 Å². The molecule has 0 aromatic heterocycles. The predicted octanol–water partition coefficient (Wildman–Crippen LogP) is 2.84. The van der Waals surface area contributed by atoms with Gasteiger partial charge in [0.15, 0.2) is 5.17 Å². The summed E-state index contributed by atoms with van der Waals surface area (Å²) >= 11 is 1.24. The van der Waals surface area contributed by atoms with Gasteiger partial charge in [0.25, 0.3) is 5.69 Å². The monoisotopic (exact) mass is 356 g/mol. The molecule has 7 nitrogen and oxygen atoms in total. The first kappa shape index (κ1) is 17.1. The summed E-state index contributed by atoms with van der Waals surface area (Å²) in [5, 5.41) is 22.0. The molecule has 0 spiro atoms. The number of carbonyl (C=O) groups excluding carboxylic acids is 1. The molecule has 1 aromatic rings. The van der Waals surface area contributed by atoms with Gasteiger partial charge in [-0.2, -0.15) is 5.10 Å². The maximum absolute atomic E-state index is 12.1. The number of para-hydroxylation sites is 1. The largest absolute Gasteiger partial charge is 0.303 e. The van der Waals surface area contributed by atoms with Crippen molar-refractivity contribution in [3.63, 3.8) is 0 Å². The number of hydrogen-bond donors (Lipinski definition) is 1. The standard InChI is InChI=1S/C17H16N4O3S/c1-11-6-2-4-8-13(11)19-20-17-18-16(22)15(25-17)10-12-7-3-5-9-14(12)21(23)24/h2-9,11,15H,10H2,1H3,(H,18,20,22)/b19-13-/t11-,15-/m1/s1. The number of carbonyl (C=O) groups is 1. The molecule has 0 bridgehead atoms. The number of thioether (sulfide) groups is 1. The Balaban J connectivity index is 1.72. The molecule has 1 aromatic carbocycles. The van der Waals surface area contributed by atoms with E-state index in [-0.39, 0.29) is 23.9 Å². The van der Waals surface area contributed by atoms with Crippen molar-refractivity contribution in [1.29, 1.82) is 0 Å². The van der Waals surface area contributed by atoms with Crippen LogP contribution < -0.4 is 5.32 Å². The molecular formula is C17H16N4O3S. The second kappa shape index (κ2) is 7.43. The summed E-state index contributed by atoms with van der Waals surface area (Å²) in [5.74, 6) is -0.0477. The van der Waals surface area contributed by atoms with Crippen molar-refractivity contribution < 1.29 is 9.72 Å². The summed E-state index contributed by atoms with van der Waals surface area (Å²) in [6.07, 6.45) is 7.99. The third-order valence-corrected chi connectivity index (χ3v) is 4.94. The van der Waals surface area contributed by atoms with Crippen LogP contribution in [0, 0.1) is 16.0 Å². The van der Waals surface area contributed by atoms with E-state index in [1.165, 1.54) is 17.8 Å². The molecule has 0 radical (unpaired) electrons. The lowest BCUT2D eigenvalue weighted by Gasteiger charge is -2.07. The average Bonchev–Trinajstić information content (AvgIpc) is 2.94. The molecule has 1 heterocycles. The minimum atomic E-state index is -0.459. The van der Waals surface area contributed by atoms with Crippen LogP contribution in [0.1, 0.15) is 12.5 Å². The maximum atomic E-state index is 12.1. The summed E-state index contributed by atoms with van der Waals surface area (Å²) in [6.45, 7) is 2.01. The smallest absolute Gasteiger partial charge is 0.272 e. The van der Waals surface area contributed by atoms with Gasteiger partial charge in [0, 0.05) is 24.0 Å². The normalized spacial score (nSPS) is 25.6. The minimum absolute atomic E-state index is 0.0227. The topological polar surface area (TPSA) is 97.0 Å². The fourth-order valence-electron chi connectivity index (χ4n) is 2.51. The lowest BCUT2D eigenvalue weighted by Crippen LogP contribution is -2.26. The Bertz CT molecular complexity index is 829. The van der Waals surface area contributed by atoms with Gasteiger partial charge in [0.1, 0.15) is 0 Å². The van der Waals surface area contributed by atoms with Gasteiger partial charge < -0.3 is 5.32 Å². The fraction of sp³-hybridized carbons (Fsp3) is 0.235. The van der Waals surface area contributed by atoms with Gasteiger partial charge in [-0.25, -0.2) is 0 Å². The highest BCUT2D eigenvalue weighted by molar-refractivity contribution is 8.15. The highest BCUT2D eigenvalue weighted by Crippen LogP contribution is 2.27. The van der Waals surface area contributed by atoms with Gasteiger partial charge >= 0.3 is 0 Å². The fourth-order valence-corrected chi connectivity index (χ4v) is 3.46. The average molecular weight is 356 g/mol. The molecule has 1 aliphatic carbocycles. The molecule has 1 fully saturated rings. The molecule has 0 saturated carbocycles. The second-order valence-electron chi connectivity index (χ2n) is 5.65. The predicted molar refractivity (Wildman–Crippen MR) is 98.6 cm³/mol. The van der Waals surface area contributed by atoms with Crippen LogP contribution in [0.2, 0.25) is 0 Å². The first-order chi connectivity index (χ1) is 12.0. The Morgan fingerprint density at radius 1 is 1.28 bits per heavy atom. The van der Waals surface area contributed by atoms with Crippen LogP contribution in [0.5, 0.6) is 0 Å². The lowest BCUT2D eigenvalue weighted by molar-refractivity contribution is -0.385. The zero-order chi connectivity index (χ0) is 17.8. The molecule has 2 aliphatic rings. The van der Waals surface area contributed by atoms with E-state index in [2.05, 4.69) is 15.5 Å². The molecule has 0 unspecified atom stereocenters. The van der Waals surface area contributed by atoms with Crippen LogP contribution in [0.3, 0.4) is 0 Å². The third-order valence-electron chi connectivity index (χ3n) is 3.87. The quantitative estimate of drug-likeness (QED) is 0.662. The number of benzene rings is 1. The Kier molecular flexibility index (Phi) is 5.08. The van der Waals surface area contributed by atoms with E-state index in [0.717, 1.165) is 5.71 Å². The highest BCUT2D eigenvalue weighted by Gasteiger charge is 2.32. The van der Waals surface area contributed by atoms with Crippen molar-refractivity contribution >= 4 is 34.2 Å². The molecule has 25 heavy (non-hydrogen) atoms. The van der Waals surface area contributed by atoms with Gasteiger partial charge in [0.05, 0.1) is 15.9 Å². The number of hydrogen-bond acceptors (Lipinski definition) is 6. The molecule has 3 rings (SSSR count). The van der Waals surface area contributed by atoms with Gasteiger partial charge in [-0.1, -0.05) is 55.1 Å². The summed E-state index contributed by atoms with van der Waals surface area (Å²) in [4.78, 5) is 22.8. The van der Waals surface area contributed by atoms with Crippen LogP contribution in [0.25, 0.3) is 0 Å². The van der Waals surface area contributed by atoms with Crippen molar-refractivity contribution in [3.05, 3.63) is 64.2 Å². The number of amides is 1. The zero-order valence-electron chi connectivity index (χ0n) is 13.5. The summed E-state index contributed by atoms with van der Waals surface area (Å²) in [5.41, 5.74) is 1.36. The molecule has 1 aliphatic heterocycles.